The van der Waals surface area contributed by atoms with Crippen LogP contribution in [0.4, 0.5) is 0 Å². The number of nitrogens with one attached hydrogen (secondary N) is 3. The predicted octanol–water partition coefficient (Wildman–Crippen LogP) is 3.19. The molecule has 2 aliphatic heterocycles. The van der Waals surface area contributed by atoms with Crippen LogP contribution in [0.15, 0.2) is 65.9 Å². The lowest BCUT2D eigenvalue weighted by Crippen LogP contribution is -2.49. The second-order valence-electron chi connectivity index (χ2n) is 8.13. The Balaban J connectivity index is 1.48. The van der Waals surface area contributed by atoms with Crippen LogP contribution in [0, 0.1) is 0 Å². The number of rotatable bonds is 4. The molecular weight excluding hydrogens is 362 g/mol. The number of para-hydroxylation sites is 1. The molecule has 0 spiro atoms. The number of fused-ring (bicyclic) bond motifs is 1. The van der Waals surface area contributed by atoms with Crippen molar-refractivity contribution < 1.29 is 9.53 Å². The fourth-order valence-corrected chi connectivity index (χ4v) is 4.79. The molecule has 1 aliphatic carbocycles. The van der Waals surface area contributed by atoms with Gasteiger partial charge < -0.3 is 20.7 Å². The third-order valence-corrected chi connectivity index (χ3v) is 6.26. The predicted molar refractivity (Wildman–Crippen MR) is 112 cm³/mol. The molecule has 3 N–H and O–H groups in total. The molecule has 0 unspecified atom stereocenters. The Morgan fingerprint density at radius 1 is 0.931 bits per heavy atom. The Hall–Kier alpha value is -2.79. The molecule has 3 aliphatic rings. The van der Waals surface area contributed by atoms with Crippen LogP contribution in [0.5, 0.6) is 5.75 Å². The van der Waals surface area contributed by atoms with E-state index in [0.29, 0.717) is 25.2 Å². The molecule has 0 bridgehead atoms. The van der Waals surface area contributed by atoms with Gasteiger partial charge in [0.05, 0.1) is 18.2 Å². The minimum Gasteiger partial charge on any atom is -0.489 e. The molecule has 2 heterocycles. The Kier molecular flexibility index (Phi) is 4.98. The van der Waals surface area contributed by atoms with Crippen molar-refractivity contribution in [1.82, 2.24) is 16.0 Å². The highest BCUT2D eigenvalue weighted by Gasteiger charge is 2.39. The summed E-state index contributed by atoms with van der Waals surface area (Å²) in [6, 6.07) is 18.8. The minimum absolute atomic E-state index is 0.0153. The summed E-state index contributed by atoms with van der Waals surface area (Å²) in [4.78, 5) is 12.8. The summed E-state index contributed by atoms with van der Waals surface area (Å²) in [5, 5.41) is 10.5. The molecule has 3 atom stereocenters. The number of benzene rings is 2. The van der Waals surface area contributed by atoms with E-state index in [1.165, 1.54) is 12.8 Å². The van der Waals surface area contributed by atoms with Crippen molar-refractivity contribution in [2.24, 2.45) is 0 Å². The third-order valence-electron chi connectivity index (χ3n) is 6.26. The van der Waals surface area contributed by atoms with E-state index in [1.807, 2.05) is 36.4 Å². The van der Waals surface area contributed by atoms with Crippen LogP contribution in [0.25, 0.3) is 0 Å². The molecule has 5 nitrogen and oxygen atoms in total. The van der Waals surface area contributed by atoms with E-state index in [1.54, 1.807) is 0 Å². The van der Waals surface area contributed by atoms with Crippen molar-refractivity contribution in [3.63, 3.8) is 0 Å². The first-order chi connectivity index (χ1) is 14.3. The van der Waals surface area contributed by atoms with Gasteiger partial charge in [-0.3, -0.25) is 4.79 Å². The lowest BCUT2D eigenvalue weighted by molar-refractivity contribution is -0.117. The van der Waals surface area contributed by atoms with Gasteiger partial charge in [-0.1, -0.05) is 61.4 Å². The summed E-state index contributed by atoms with van der Waals surface area (Å²) in [7, 11) is 0. The smallest absolute Gasteiger partial charge is 0.251 e. The molecule has 5 heteroatoms. The zero-order valence-electron chi connectivity index (χ0n) is 16.5. The highest BCUT2D eigenvalue weighted by molar-refractivity contribution is 5.98. The molecule has 1 saturated carbocycles. The van der Waals surface area contributed by atoms with Crippen molar-refractivity contribution in [1.29, 1.82) is 0 Å². The molecule has 0 aromatic heterocycles. The van der Waals surface area contributed by atoms with E-state index in [4.69, 9.17) is 4.74 Å². The van der Waals surface area contributed by atoms with Crippen LogP contribution in [-0.2, 0) is 11.4 Å². The van der Waals surface area contributed by atoms with Gasteiger partial charge in [0.15, 0.2) is 0 Å². The number of ether oxygens (including phenoxy) is 1. The zero-order chi connectivity index (χ0) is 19.6. The first-order valence-corrected chi connectivity index (χ1v) is 10.6. The minimum atomic E-state index is -0.167. The maximum atomic E-state index is 12.8. The summed E-state index contributed by atoms with van der Waals surface area (Å²) < 4.78 is 6.22. The third kappa shape index (κ3) is 3.62. The summed E-state index contributed by atoms with van der Waals surface area (Å²) >= 11 is 0. The Bertz CT molecular complexity index is 925. The van der Waals surface area contributed by atoms with Crippen LogP contribution in [0.1, 0.15) is 42.9 Å². The van der Waals surface area contributed by atoms with E-state index in [2.05, 4.69) is 34.1 Å². The molecule has 150 valence electrons. The van der Waals surface area contributed by atoms with Crippen molar-refractivity contribution in [3.05, 3.63) is 77.0 Å². The van der Waals surface area contributed by atoms with Crippen LogP contribution < -0.4 is 20.7 Å². The maximum absolute atomic E-state index is 12.8. The average Bonchev–Trinajstić information content (AvgIpc) is 3.03. The van der Waals surface area contributed by atoms with Crippen molar-refractivity contribution >= 4 is 5.91 Å². The molecule has 5 rings (SSSR count). The molecule has 2 aromatic rings. The number of hydrogen-bond acceptors (Lipinski definition) is 4. The van der Waals surface area contributed by atoms with Crippen LogP contribution >= 0.6 is 0 Å². The fourth-order valence-electron chi connectivity index (χ4n) is 4.79. The van der Waals surface area contributed by atoms with Gasteiger partial charge >= 0.3 is 0 Å². The lowest BCUT2D eigenvalue weighted by Gasteiger charge is -2.34. The van der Waals surface area contributed by atoms with Crippen LogP contribution in [-0.4, -0.2) is 24.5 Å². The van der Waals surface area contributed by atoms with E-state index >= 15 is 0 Å². The summed E-state index contributed by atoms with van der Waals surface area (Å²) in [5.74, 6) is 0.844. The van der Waals surface area contributed by atoms with Gasteiger partial charge in [-0.15, -0.1) is 0 Å². The fraction of sp³-hybridized carbons (Fsp3) is 0.375. The van der Waals surface area contributed by atoms with E-state index in [9.17, 15) is 4.79 Å². The molecular formula is C24H27N3O2. The van der Waals surface area contributed by atoms with Gasteiger partial charge in [-0.25, -0.2) is 0 Å². The first-order valence-electron chi connectivity index (χ1n) is 10.6. The molecule has 0 saturated heterocycles. The Morgan fingerprint density at radius 2 is 1.69 bits per heavy atom. The molecule has 0 radical (unpaired) electrons. The monoisotopic (exact) mass is 389 g/mol. The van der Waals surface area contributed by atoms with Gasteiger partial charge in [-0.2, -0.15) is 0 Å². The van der Waals surface area contributed by atoms with Gasteiger partial charge in [0, 0.05) is 23.3 Å². The second-order valence-corrected chi connectivity index (χ2v) is 8.13. The van der Waals surface area contributed by atoms with Gasteiger partial charge in [0.2, 0.25) is 0 Å². The number of carbonyl (C=O) groups excluding carboxylic acids is 1. The largest absolute Gasteiger partial charge is 0.489 e. The van der Waals surface area contributed by atoms with Crippen molar-refractivity contribution in [3.8, 4) is 5.75 Å². The highest BCUT2D eigenvalue weighted by Crippen LogP contribution is 2.37. The highest BCUT2D eigenvalue weighted by atomic mass is 16.5. The van der Waals surface area contributed by atoms with E-state index in [-0.39, 0.29) is 11.9 Å². The maximum Gasteiger partial charge on any atom is 0.251 e. The Labute approximate surface area is 171 Å². The second kappa shape index (κ2) is 7.91. The average molecular weight is 389 g/mol. The SMILES string of the molecule is O=C1NCC2=C1[C@@H](c1ccccc1OCc1ccccc1)N[C@@H]1CCCC[C@H]1N2. The van der Waals surface area contributed by atoms with Gasteiger partial charge in [0.25, 0.3) is 5.91 Å². The molecule has 2 aromatic carbocycles. The summed E-state index contributed by atoms with van der Waals surface area (Å²) in [5.41, 5.74) is 4.01. The standard InChI is InChI=1S/C24H27N3O2/c28-24-22-20(14-25-24)26-18-11-5-6-12-19(18)27-23(22)17-10-4-7-13-21(17)29-15-16-8-2-1-3-9-16/h1-4,7-10,13,18-19,23,26-27H,5-6,11-12,14-15H2,(H,25,28)/t18-,19-,23-/m1/s1. The van der Waals surface area contributed by atoms with Crippen molar-refractivity contribution in [2.45, 2.75) is 50.4 Å². The number of amides is 1. The van der Waals surface area contributed by atoms with Gasteiger partial charge in [-0.05, 0) is 24.5 Å². The number of carbonyl (C=O) groups is 1. The molecule has 1 amide bonds. The summed E-state index contributed by atoms with van der Waals surface area (Å²) in [6.07, 6.45) is 4.73. The zero-order valence-corrected chi connectivity index (χ0v) is 16.5. The molecule has 29 heavy (non-hydrogen) atoms. The molecule has 1 fully saturated rings. The number of hydrogen-bond donors (Lipinski definition) is 3. The normalized spacial score (nSPS) is 26.1. The lowest BCUT2D eigenvalue weighted by atomic mass is 9.89. The first kappa shape index (κ1) is 18.3. The topological polar surface area (TPSA) is 62.4 Å². The quantitative estimate of drug-likeness (QED) is 0.752. The van der Waals surface area contributed by atoms with Crippen LogP contribution in [0.3, 0.4) is 0 Å². The van der Waals surface area contributed by atoms with E-state index in [0.717, 1.165) is 41.0 Å². The summed E-state index contributed by atoms with van der Waals surface area (Å²) in [6.45, 7) is 1.09. The van der Waals surface area contributed by atoms with E-state index < -0.39 is 0 Å². The Morgan fingerprint density at radius 3 is 2.55 bits per heavy atom. The van der Waals surface area contributed by atoms with Crippen molar-refractivity contribution in [2.75, 3.05) is 6.54 Å². The van der Waals surface area contributed by atoms with Gasteiger partial charge in [0.1, 0.15) is 12.4 Å². The van der Waals surface area contributed by atoms with Crippen LogP contribution in [0.2, 0.25) is 0 Å².